The van der Waals surface area contributed by atoms with Gasteiger partial charge in [0.1, 0.15) is 11.8 Å². The Balaban J connectivity index is 1.73. The normalized spacial score (nSPS) is 12.0. The average Bonchev–Trinajstić information content (AvgIpc) is 3.27. The van der Waals surface area contributed by atoms with Crippen molar-refractivity contribution in [2.75, 3.05) is 30.5 Å². The fourth-order valence-electron chi connectivity index (χ4n) is 2.49. The Labute approximate surface area is 174 Å². The van der Waals surface area contributed by atoms with Crippen molar-refractivity contribution >= 4 is 56.3 Å². The highest BCUT2D eigenvalue weighted by Gasteiger charge is 2.24. The number of nitrogens with zero attached hydrogens (tertiary/aromatic N) is 4. The average molecular weight is 437 g/mol. The molecule has 29 heavy (non-hydrogen) atoms. The summed E-state index contributed by atoms with van der Waals surface area (Å²) in [7, 11) is 1.59. The summed E-state index contributed by atoms with van der Waals surface area (Å²) in [5.74, 6) is 0.120. The van der Waals surface area contributed by atoms with Crippen LogP contribution in [-0.4, -0.2) is 51.1 Å². The quantitative estimate of drug-likeness (QED) is 0.403. The second-order valence-corrected chi connectivity index (χ2v) is 7.80. The molecule has 0 aliphatic rings. The predicted molar refractivity (Wildman–Crippen MR) is 111 cm³/mol. The first kappa shape index (κ1) is 20.9. The maximum Gasteiger partial charge on any atom is 0.316 e. The van der Waals surface area contributed by atoms with Gasteiger partial charge in [0, 0.05) is 0 Å². The van der Waals surface area contributed by atoms with Gasteiger partial charge in [-0.15, -0.1) is 10.2 Å². The third kappa shape index (κ3) is 4.77. The first-order valence-corrected chi connectivity index (χ1v) is 10.5. The van der Waals surface area contributed by atoms with E-state index in [2.05, 4.69) is 20.5 Å². The molecule has 3 rings (SSSR count). The van der Waals surface area contributed by atoms with Gasteiger partial charge in [0.25, 0.3) is 0 Å². The molecule has 0 aliphatic carbocycles. The van der Waals surface area contributed by atoms with Crippen molar-refractivity contribution in [3.8, 4) is 5.75 Å². The van der Waals surface area contributed by atoms with E-state index in [0.29, 0.717) is 22.6 Å². The minimum absolute atomic E-state index is 0.0417. The number of nitrogens with two attached hydrogens (primary N) is 1. The highest BCUT2D eigenvalue weighted by atomic mass is 32.2. The number of nitrogens with one attached hydrogen (secondary N) is 1. The van der Waals surface area contributed by atoms with E-state index in [1.807, 2.05) is 12.1 Å². The number of esters is 1. The molecule has 0 saturated carbocycles. The van der Waals surface area contributed by atoms with Crippen LogP contribution in [0.25, 0.3) is 10.2 Å². The zero-order valence-corrected chi connectivity index (χ0v) is 17.7. The molecule has 2 aromatic heterocycles. The number of ether oxygens (including phenoxy) is 2. The van der Waals surface area contributed by atoms with Gasteiger partial charge in [0.2, 0.25) is 11.9 Å². The SMILES string of the molecule is CCOC(=O)CSc1nnc(N)n1C(C)C(=O)Nc1nc2ccc(OC)cc2s1. The Morgan fingerprint density at radius 1 is 1.38 bits per heavy atom. The maximum atomic E-state index is 12.8. The molecular weight excluding hydrogens is 416 g/mol. The largest absolute Gasteiger partial charge is 0.497 e. The molecule has 3 aromatic rings. The van der Waals surface area contributed by atoms with Crippen LogP contribution in [0.4, 0.5) is 11.1 Å². The lowest BCUT2D eigenvalue weighted by molar-refractivity contribution is -0.139. The molecule has 0 aliphatic heterocycles. The molecule has 12 heteroatoms. The third-order valence-electron chi connectivity index (χ3n) is 3.91. The molecule has 1 aromatic carbocycles. The summed E-state index contributed by atoms with van der Waals surface area (Å²) in [6.07, 6.45) is 0. The second kappa shape index (κ2) is 9.09. The molecule has 1 amide bonds. The number of amides is 1. The minimum Gasteiger partial charge on any atom is -0.497 e. The molecule has 1 atom stereocenters. The van der Waals surface area contributed by atoms with Gasteiger partial charge < -0.3 is 20.5 Å². The summed E-state index contributed by atoms with van der Waals surface area (Å²) in [5.41, 5.74) is 6.64. The number of anilines is 2. The van der Waals surface area contributed by atoms with Crippen LogP contribution in [0, 0.1) is 0 Å². The number of nitrogen functional groups attached to an aromatic ring is 1. The number of hydrogen-bond acceptors (Lipinski definition) is 10. The van der Waals surface area contributed by atoms with Crippen LogP contribution in [0.3, 0.4) is 0 Å². The van der Waals surface area contributed by atoms with Gasteiger partial charge >= 0.3 is 5.97 Å². The summed E-state index contributed by atoms with van der Waals surface area (Å²) in [6.45, 7) is 3.69. The van der Waals surface area contributed by atoms with Gasteiger partial charge in [0.15, 0.2) is 10.3 Å². The number of fused-ring (bicyclic) bond motifs is 1. The van der Waals surface area contributed by atoms with Crippen LogP contribution < -0.4 is 15.8 Å². The van der Waals surface area contributed by atoms with Crippen molar-refractivity contribution in [1.29, 1.82) is 0 Å². The van der Waals surface area contributed by atoms with E-state index >= 15 is 0 Å². The van der Waals surface area contributed by atoms with Crippen molar-refractivity contribution in [1.82, 2.24) is 19.7 Å². The fourth-order valence-corrected chi connectivity index (χ4v) is 4.21. The summed E-state index contributed by atoms with van der Waals surface area (Å²) >= 11 is 2.44. The van der Waals surface area contributed by atoms with Crippen LogP contribution in [-0.2, 0) is 14.3 Å². The Kier molecular flexibility index (Phi) is 6.54. The molecule has 154 valence electrons. The third-order valence-corrected chi connectivity index (χ3v) is 5.76. The minimum atomic E-state index is -0.712. The first-order valence-electron chi connectivity index (χ1n) is 8.67. The van der Waals surface area contributed by atoms with Crippen molar-refractivity contribution in [3.05, 3.63) is 18.2 Å². The summed E-state index contributed by atoms with van der Waals surface area (Å²) in [4.78, 5) is 28.7. The number of aromatic nitrogens is 4. The van der Waals surface area contributed by atoms with E-state index in [4.69, 9.17) is 15.2 Å². The number of thioether (sulfide) groups is 1. The zero-order chi connectivity index (χ0) is 21.0. The Hall–Kier alpha value is -2.86. The van der Waals surface area contributed by atoms with E-state index < -0.39 is 6.04 Å². The Morgan fingerprint density at radius 3 is 2.90 bits per heavy atom. The second-order valence-electron chi connectivity index (χ2n) is 5.82. The van der Waals surface area contributed by atoms with Gasteiger partial charge in [-0.3, -0.25) is 14.2 Å². The van der Waals surface area contributed by atoms with Crippen LogP contribution in [0.5, 0.6) is 5.75 Å². The standard InChI is InChI=1S/C17H20N6O4S2/c1-4-27-13(24)8-28-17-22-21-15(18)23(17)9(2)14(25)20-16-19-11-6-5-10(26-3)7-12(11)29-16/h5-7,9H,4,8H2,1-3H3,(H2,18,21)(H,19,20,25). The fraction of sp³-hybridized carbons (Fsp3) is 0.353. The molecule has 2 heterocycles. The molecule has 0 bridgehead atoms. The van der Waals surface area contributed by atoms with Crippen LogP contribution in [0.15, 0.2) is 23.4 Å². The first-order chi connectivity index (χ1) is 13.9. The van der Waals surface area contributed by atoms with Gasteiger partial charge in [-0.1, -0.05) is 23.1 Å². The number of benzene rings is 1. The number of methoxy groups -OCH3 is 1. The summed E-state index contributed by atoms with van der Waals surface area (Å²) < 4.78 is 12.5. The molecule has 10 nitrogen and oxygen atoms in total. The van der Waals surface area contributed by atoms with E-state index in [9.17, 15) is 9.59 Å². The topological polar surface area (TPSA) is 134 Å². The van der Waals surface area contributed by atoms with Gasteiger partial charge in [-0.05, 0) is 32.0 Å². The molecular formula is C17H20N6O4S2. The molecule has 0 radical (unpaired) electrons. The molecule has 3 N–H and O–H groups in total. The summed E-state index contributed by atoms with van der Waals surface area (Å²) in [6, 6.07) is 4.78. The van der Waals surface area contributed by atoms with Gasteiger partial charge in [-0.25, -0.2) is 4.98 Å². The monoisotopic (exact) mass is 436 g/mol. The number of carbonyl (C=O) groups is 2. The lowest BCUT2D eigenvalue weighted by atomic mass is 10.3. The lowest BCUT2D eigenvalue weighted by Crippen LogP contribution is -2.25. The number of carbonyl (C=O) groups excluding carboxylic acids is 2. The van der Waals surface area contributed by atoms with E-state index in [-0.39, 0.29) is 23.6 Å². The highest BCUT2D eigenvalue weighted by molar-refractivity contribution is 7.99. The smallest absolute Gasteiger partial charge is 0.316 e. The van der Waals surface area contributed by atoms with Crippen LogP contribution in [0.2, 0.25) is 0 Å². The lowest BCUT2D eigenvalue weighted by Gasteiger charge is -2.15. The highest BCUT2D eigenvalue weighted by Crippen LogP contribution is 2.30. The Morgan fingerprint density at radius 2 is 2.17 bits per heavy atom. The van der Waals surface area contributed by atoms with Gasteiger partial charge in [-0.2, -0.15) is 0 Å². The predicted octanol–water partition coefficient (Wildman–Crippen LogP) is 2.33. The van der Waals surface area contributed by atoms with Gasteiger partial charge in [0.05, 0.1) is 29.7 Å². The molecule has 0 fully saturated rings. The number of thiazole rings is 1. The van der Waals surface area contributed by atoms with Crippen molar-refractivity contribution in [2.45, 2.75) is 25.0 Å². The summed E-state index contributed by atoms with van der Waals surface area (Å²) in [5, 5.41) is 11.4. The van der Waals surface area contributed by atoms with Crippen molar-refractivity contribution in [3.63, 3.8) is 0 Å². The molecule has 0 saturated heterocycles. The van der Waals surface area contributed by atoms with Crippen LogP contribution in [0.1, 0.15) is 19.9 Å². The van der Waals surface area contributed by atoms with Crippen LogP contribution >= 0.6 is 23.1 Å². The molecule has 1 unspecified atom stereocenters. The van der Waals surface area contributed by atoms with E-state index in [0.717, 1.165) is 22.0 Å². The maximum absolute atomic E-state index is 12.8. The number of hydrogen-bond donors (Lipinski definition) is 2. The van der Waals surface area contributed by atoms with E-state index in [1.54, 1.807) is 27.0 Å². The number of rotatable bonds is 8. The Bertz CT molecular complexity index is 1030. The van der Waals surface area contributed by atoms with Crippen molar-refractivity contribution < 1.29 is 19.1 Å². The van der Waals surface area contributed by atoms with Crippen molar-refractivity contribution in [2.24, 2.45) is 0 Å². The molecule has 0 spiro atoms. The zero-order valence-electron chi connectivity index (χ0n) is 16.0. The van der Waals surface area contributed by atoms with E-state index in [1.165, 1.54) is 15.9 Å².